The number of alkyl halides is 3. The average Bonchev–Trinajstić information content (AvgIpc) is 2.79. The van der Waals surface area contributed by atoms with Gasteiger partial charge in [0, 0.05) is 36.1 Å². The maximum Gasteiger partial charge on any atom is 0.423 e. The monoisotopic (exact) mass is 462 g/mol. The Morgan fingerprint density at radius 3 is 2.58 bits per heavy atom. The number of aromatic nitrogens is 3. The van der Waals surface area contributed by atoms with Gasteiger partial charge in [-0.05, 0) is 12.1 Å². The highest BCUT2D eigenvalue weighted by Crippen LogP contribution is 2.36. The first-order valence-corrected chi connectivity index (χ1v) is 9.97. The lowest BCUT2D eigenvalue weighted by Crippen LogP contribution is -2.39. The summed E-state index contributed by atoms with van der Waals surface area (Å²) in [5.74, 6) is 0.716. The number of rotatable bonds is 8. The molecule has 3 aromatic rings. The van der Waals surface area contributed by atoms with Crippen LogP contribution in [0.2, 0.25) is 0 Å². The van der Waals surface area contributed by atoms with Gasteiger partial charge in [-0.3, -0.25) is 4.98 Å². The van der Waals surface area contributed by atoms with Crippen molar-refractivity contribution in [2.24, 2.45) is 0 Å². The van der Waals surface area contributed by atoms with Crippen LogP contribution in [0.5, 0.6) is 17.4 Å². The zero-order valence-corrected chi connectivity index (χ0v) is 17.8. The lowest BCUT2D eigenvalue weighted by molar-refractivity contribution is -0.142. The van der Waals surface area contributed by atoms with Crippen molar-refractivity contribution >= 4 is 5.95 Å². The number of nitrogens with one attached hydrogen (secondary N) is 1. The zero-order valence-electron chi connectivity index (χ0n) is 17.8. The SMILES string of the molecule is COc1ccnc(-c2ccc(CNc3ncc(C(F)(F)F)c(OC4COC4)n3)c(OC)c2)c1. The van der Waals surface area contributed by atoms with Crippen molar-refractivity contribution in [3.63, 3.8) is 0 Å². The molecule has 0 atom stereocenters. The molecule has 3 heterocycles. The third-order valence-corrected chi connectivity index (χ3v) is 4.93. The van der Waals surface area contributed by atoms with E-state index < -0.39 is 23.7 Å². The second-order valence-electron chi connectivity index (χ2n) is 7.15. The fourth-order valence-corrected chi connectivity index (χ4v) is 3.10. The molecule has 2 aromatic heterocycles. The maximum absolute atomic E-state index is 13.3. The van der Waals surface area contributed by atoms with Crippen LogP contribution in [0.3, 0.4) is 0 Å². The van der Waals surface area contributed by atoms with E-state index in [2.05, 4.69) is 20.3 Å². The molecule has 1 aromatic carbocycles. The lowest BCUT2D eigenvalue weighted by atomic mass is 10.1. The number of methoxy groups -OCH3 is 2. The van der Waals surface area contributed by atoms with E-state index in [4.69, 9.17) is 18.9 Å². The van der Waals surface area contributed by atoms with Gasteiger partial charge in [-0.2, -0.15) is 18.2 Å². The fourth-order valence-electron chi connectivity index (χ4n) is 3.10. The molecule has 0 spiro atoms. The first-order valence-electron chi connectivity index (χ1n) is 9.97. The third kappa shape index (κ3) is 5.25. The molecule has 174 valence electrons. The first kappa shape index (κ1) is 22.6. The van der Waals surface area contributed by atoms with Crippen molar-refractivity contribution in [3.05, 3.63) is 53.9 Å². The highest BCUT2D eigenvalue weighted by Gasteiger charge is 2.37. The molecule has 1 N–H and O–H groups in total. The van der Waals surface area contributed by atoms with Crippen LogP contribution >= 0.6 is 0 Å². The number of nitrogens with zero attached hydrogens (tertiary/aromatic N) is 3. The van der Waals surface area contributed by atoms with E-state index in [0.29, 0.717) is 23.4 Å². The zero-order chi connectivity index (χ0) is 23.4. The van der Waals surface area contributed by atoms with Crippen LogP contribution < -0.4 is 19.5 Å². The molecule has 0 unspecified atom stereocenters. The molecule has 1 aliphatic heterocycles. The molecular formula is C22H21F3N4O4. The Kier molecular flexibility index (Phi) is 6.50. The minimum atomic E-state index is -4.63. The number of halogens is 3. The summed E-state index contributed by atoms with van der Waals surface area (Å²) in [5, 5.41) is 2.93. The number of ether oxygens (including phenoxy) is 4. The Labute approximate surface area is 187 Å². The number of hydrogen-bond donors (Lipinski definition) is 1. The summed E-state index contributed by atoms with van der Waals surface area (Å²) in [6, 6.07) is 9.06. The van der Waals surface area contributed by atoms with Gasteiger partial charge in [-0.25, -0.2) is 4.98 Å². The van der Waals surface area contributed by atoms with Gasteiger partial charge >= 0.3 is 6.18 Å². The van der Waals surface area contributed by atoms with E-state index in [1.165, 1.54) is 7.11 Å². The van der Waals surface area contributed by atoms with E-state index in [9.17, 15) is 13.2 Å². The van der Waals surface area contributed by atoms with Crippen LogP contribution in [-0.2, 0) is 17.5 Å². The van der Waals surface area contributed by atoms with Gasteiger partial charge in [0.05, 0.1) is 33.1 Å². The van der Waals surface area contributed by atoms with Crippen molar-refractivity contribution in [2.75, 3.05) is 32.8 Å². The Hall–Kier alpha value is -3.60. The molecule has 8 nitrogen and oxygen atoms in total. The average molecular weight is 462 g/mol. The van der Waals surface area contributed by atoms with Crippen molar-refractivity contribution in [1.82, 2.24) is 15.0 Å². The molecule has 0 amide bonds. The largest absolute Gasteiger partial charge is 0.497 e. The number of hydrogen-bond acceptors (Lipinski definition) is 8. The molecule has 0 aliphatic carbocycles. The van der Waals surface area contributed by atoms with E-state index >= 15 is 0 Å². The normalized spacial score (nSPS) is 13.8. The van der Waals surface area contributed by atoms with E-state index in [1.807, 2.05) is 18.2 Å². The Morgan fingerprint density at radius 2 is 1.91 bits per heavy atom. The van der Waals surface area contributed by atoms with Crippen molar-refractivity contribution in [3.8, 4) is 28.6 Å². The molecule has 0 bridgehead atoms. The molecule has 1 fully saturated rings. The van der Waals surface area contributed by atoms with Gasteiger partial charge in [0.25, 0.3) is 0 Å². The summed E-state index contributed by atoms with van der Waals surface area (Å²) in [5.41, 5.74) is 1.24. The highest BCUT2D eigenvalue weighted by atomic mass is 19.4. The van der Waals surface area contributed by atoms with Gasteiger partial charge in [-0.1, -0.05) is 12.1 Å². The molecule has 0 radical (unpaired) electrons. The van der Waals surface area contributed by atoms with Crippen LogP contribution in [0.25, 0.3) is 11.3 Å². The van der Waals surface area contributed by atoms with Crippen molar-refractivity contribution < 1.29 is 32.1 Å². The number of pyridine rings is 1. The first-order chi connectivity index (χ1) is 15.9. The van der Waals surface area contributed by atoms with Crippen LogP contribution in [0.15, 0.2) is 42.7 Å². The van der Waals surface area contributed by atoms with Gasteiger partial charge in [0.1, 0.15) is 23.2 Å². The minimum absolute atomic E-state index is 0.00108. The Morgan fingerprint density at radius 1 is 1.09 bits per heavy atom. The lowest BCUT2D eigenvalue weighted by Gasteiger charge is -2.27. The van der Waals surface area contributed by atoms with E-state index in [1.54, 1.807) is 25.4 Å². The van der Waals surface area contributed by atoms with Crippen LogP contribution in [-0.4, -0.2) is 48.5 Å². The molecule has 33 heavy (non-hydrogen) atoms. The topological polar surface area (TPSA) is 87.6 Å². The van der Waals surface area contributed by atoms with Gasteiger partial charge in [-0.15, -0.1) is 0 Å². The van der Waals surface area contributed by atoms with Crippen LogP contribution in [0.1, 0.15) is 11.1 Å². The summed E-state index contributed by atoms with van der Waals surface area (Å²) in [7, 11) is 3.11. The summed E-state index contributed by atoms with van der Waals surface area (Å²) < 4.78 is 60.9. The number of benzene rings is 1. The molecule has 11 heteroatoms. The maximum atomic E-state index is 13.3. The Balaban J connectivity index is 1.52. The Bertz CT molecular complexity index is 1120. The quantitative estimate of drug-likeness (QED) is 0.538. The predicted molar refractivity (Wildman–Crippen MR) is 112 cm³/mol. The summed E-state index contributed by atoms with van der Waals surface area (Å²) in [6.07, 6.45) is -2.75. The van der Waals surface area contributed by atoms with Crippen LogP contribution in [0.4, 0.5) is 19.1 Å². The summed E-state index contributed by atoms with van der Waals surface area (Å²) >= 11 is 0. The van der Waals surface area contributed by atoms with E-state index in [-0.39, 0.29) is 25.7 Å². The smallest absolute Gasteiger partial charge is 0.423 e. The standard InChI is InChI=1S/C22H21F3N4O4/c1-30-15-5-6-26-18(8-15)13-3-4-14(19(7-13)31-2)9-27-21-28-10-17(22(23,24)25)20(29-21)33-16-11-32-12-16/h3-8,10,16H,9,11-12H2,1-2H3,(H,27,28,29). The molecule has 1 aliphatic rings. The van der Waals surface area contributed by atoms with E-state index in [0.717, 1.165) is 11.1 Å². The predicted octanol–water partition coefficient (Wildman–Crippen LogP) is 3.96. The fraction of sp³-hybridized carbons (Fsp3) is 0.318. The highest BCUT2D eigenvalue weighted by molar-refractivity contribution is 5.64. The van der Waals surface area contributed by atoms with Crippen molar-refractivity contribution in [2.45, 2.75) is 18.8 Å². The molecule has 0 saturated carbocycles. The summed E-state index contributed by atoms with van der Waals surface area (Å²) in [6.45, 7) is 0.651. The van der Waals surface area contributed by atoms with Crippen LogP contribution in [0, 0.1) is 0 Å². The second kappa shape index (κ2) is 9.49. The molecule has 4 rings (SSSR count). The van der Waals surface area contributed by atoms with Gasteiger partial charge < -0.3 is 24.3 Å². The molecule has 1 saturated heterocycles. The summed E-state index contributed by atoms with van der Waals surface area (Å²) in [4.78, 5) is 12.1. The van der Waals surface area contributed by atoms with Gasteiger partial charge in [0.2, 0.25) is 11.8 Å². The number of anilines is 1. The minimum Gasteiger partial charge on any atom is -0.497 e. The third-order valence-electron chi connectivity index (χ3n) is 4.93. The van der Waals surface area contributed by atoms with Gasteiger partial charge in [0.15, 0.2) is 0 Å². The molecular weight excluding hydrogens is 441 g/mol. The second-order valence-corrected chi connectivity index (χ2v) is 7.15. The van der Waals surface area contributed by atoms with Crippen molar-refractivity contribution in [1.29, 1.82) is 0 Å².